The first-order valence-corrected chi connectivity index (χ1v) is 10.7. The molecule has 0 amide bonds. The number of hydrogen-bond donors (Lipinski definition) is 2. The van der Waals surface area contributed by atoms with Gasteiger partial charge in [-0.25, -0.2) is 9.98 Å². The van der Waals surface area contributed by atoms with E-state index in [2.05, 4.69) is 57.8 Å². The molecule has 0 spiro atoms. The molecule has 156 valence electrons. The van der Waals surface area contributed by atoms with Gasteiger partial charge in [-0.1, -0.05) is 30.3 Å². The average Bonchev–Trinajstić information content (AvgIpc) is 2.75. The second kappa shape index (κ2) is 11.4. The zero-order valence-corrected chi connectivity index (χ0v) is 17.6. The number of nitrogens with zero attached hydrogens (tertiary/aromatic N) is 3. The summed E-state index contributed by atoms with van der Waals surface area (Å²) in [6, 6.07) is 15.1. The highest BCUT2D eigenvalue weighted by atomic mass is 16.5. The molecule has 1 aliphatic heterocycles. The molecule has 1 aromatic heterocycles. The van der Waals surface area contributed by atoms with Crippen molar-refractivity contribution in [3.8, 4) is 5.88 Å². The van der Waals surface area contributed by atoms with Crippen LogP contribution in [0.5, 0.6) is 5.88 Å². The number of benzene rings is 1. The third-order valence-electron chi connectivity index (χ3n) is 5.03. The van der Waals surface area contributed by atoms with Gasteiger partial charge in [0.2, 0.25) is 5.88 Å². The Morgan fingerprint density at radius 2 is 1.93 bits per heavy atom. The monoisotopic (exact) mass is 395 g/mol. The molecule has 1 aliphatic rings. The highest BCUT2D eigenvalue weighted by Crippen LogP contribution is 2.14. The quantitative estimate of drug-likeness (QED) is 0.531. The van der Waals surface area contributed by atoms with Gasteiger partial charge in [0, 0.05) is 44.5 Å². The van der Waals surface area contributed by atoms with Crippen molar-refractivity contribution in [2.24, 2.45) is 4.99 Å². The predicted molar refractivity (Wildman–Crippen MR) is 118 cm³/mol. The lowest BCUT2D eigenvalue weighted by molar-refractivity contribution is 0.198. The van der Waals surface area contributed by atoms with E-state index >= 15 is 0 Å². The van der Waals surface area contributed by atoms with Gasteiger partial charge >= 0.3 is 0 Å². The van der Waals surface area contributed by atoms with Gasteiger partial charge in [-0.15, -0.1) is 0 Å². The molecule has 0 atom stereocenters. The Morgan fingerprint density at radius 1 is 1.14 bits per heavy atom. The van der Waals surface area contributed by atoms with Crippen LogP contribution in [0.3, 0.4) is 0 Å². The van der Waals surface area contributed by atoms with Crippen LogP contribution in [-0.2, 0) is 13.1 Å². The van der Waals surface area contributed by atoms with Crippen molar-refractivity contribution in [1.82, 2.24) is 20.5 Å². The maximum Gasteiger partial charge on any atom is 0.213 e. The van der Waals surface area contributed by atoms with Crippen LogP contribution in [0.4, 0.5) is 0 Å². The summed E-state index contributed by atoms with van der Waals surface area (Å²) in [6.45, 7) is 9.37. The van der Waals surface area contributed by atoms with Gasteiger partial charge in [0.15, 0.2) is 5.96 Å². The van der Waals surface area contributed by atoms with E-state index in [0.29, 0.717) is 25.1 Å². The molecule has 1 aromatic carbocycles. The third kappa shape index (κ3) is 7.06. The number of ether oxygens (including phenoxy) is 1. The number of pyridine rings is 1. The van der Waals surface area contributed by atoms with E-state index in [-0.39, 0.29) is 0 Å². The molecule has 0 unspecified atom stereocenters. The number of aromatic nitrogens is 1. The fourth-order valence-electron chi connectivity index (χ4n) is 3.54. The van der Waals surface area contributed by atoms with Crippen LogP contribution in [0, 0.1) is 0 Å². The minimum Gasteiger partial charge on any atom is -0.478 e. The lowest BCUT2D eigenvalue weighted by Crippen LogP contribution is -2.48. The van der Waals surface area contributed by atoms with Crippen LogP contribution in [-0.4, -0.2) is 48.1 Å². The van der Waals surface area contributed by atoms with Crippen LogP contribution in [0.1, 0.15) is 37.8 Å². The largest absolute Gasteiger partial charge is 0.478 e. The Hall–Kier alpha value is -2.60. The van der Waals surface area contributed by atoms with Crippen molar-refractivity contribution in [2.75, 3.05) is 26.2 Å². The van der Waals surface area contributed by atoms with Crippen LogP contribution < -0.4 is 15.4 Å². The van der Waals surface area contributed by atoms with E-state index in [1.807, 2.05) is 19.1 Å². The molecule has 1 saturated heterocycles. The molecule has 0 bridgehead atoms. The first-order chi connectivity index (χ1) is 14.3. The number of guanidine groups is 1. The van der Waals surface area contributed by atoms with Crippen LogP contribution in [0.15, 0.2) is 53.7 Å². The molecule has 29 heavy (non-hydrogen) atoms. The van der Waals surface area contributed by atoms with Crippen molar-refractivity contribution in [3.63, 3.8) is 0 Å². The van der Waals surface area contributed by atoms with Crippen molar-refractivity contribution in [1.29, 1.82) is 0 Å². The highest BCUT2D eigenvalue weighted by Gasteiger charge is 2.20. The lowest BCUT2D eigenvalue weighted by Gasteiger charge is -2.33. The summed E-state index contributed by atoms with van der Waals surface area (Å²) in [7, 11) is 0. The Balaban J connectivity index is 1.50. The molecule has 6 heteroatoms. The Bertz CT molecular complexity index is 757. The number of piperidine rings is 1. The molecule has 0 radical (unpaired) electrons. The van der Waals surface area contributed by atoms with E-state index in [0.717, 1.165) is 50.5 Å². The summed E-state index contributed by atoms with van der Waals surface area (Å²) in [4.78, 5) is 11.5. The highest BCUT2D eigenvalue weighted by molar-refractivity contribution is 5.80. The van der Waals surface area contributed by atoms with Crippen molar-refractivity contribution in [2.45, 2.75) is 45.8 Å². The summed E-state index contributed by atoms with van der Waals surface area (Å²) >= 11 is 0. The topological polar surface area (TPSA) is 61.8 Å². The van der Waals surface area contributed by atoms with E-state index in [1.165, 1.54) is 5.56 Å². The number of hydrogen-bond acceptors (Lipinski definition) is 4. The zero-order valence-electron chi connectivity index (χ0n) is 17.6. The molecule has 0 aliphatic carbocycles. The van der Waals surface area contributed by atoms with Crippen molar-refractivity contribution < 1.29 is 4.74 Å². The fraction of sp³-hybridized carbons (Fsp3) is 0.478. The molecule has 3 rings (SSSR count). The average molecular weight is 396 g/mol. The first kappa shape index (κ1) is 21.1. The Kier molecular flexibility index (Phi) is 8.31. The molecule has 2 aromatic rings. The summed E-state index contributed by atoms with van der Waals surface area (Å²) < 4.78 is 5.48. The standard InChI is InChI=1S/C23H33N5O/c1-3-24-23(26-17-20-10-13-25-22(16-20)29-4-2)27-21-11-14-28(15-12-21)18-19-8-6-5-7-9-19/h5-10,13,16,21H,3-4,11-12,14-15,17-18H2,1-2H3,(H2,24,26,27). The predicted octanol–water partition coefficient (Wildman–Crippen LogP) is 3.20. The smallest absolute Gasteiger partial charge is 0.213 e. The van der Waals surface area contributed by atoms with Crippen LogP contribution in [0.25, 0.3) is 0 Å². The molecule has 6 nitrogen and oxygen atoms in total. The minimum atomic E-state index is 0.455. The van der Waals surface area contributed by atoms with Gasteiger partial charge < -0.3 is 15.4 Å². The second-order valence-electron chi connectivity index (χ2n) is 7.31. The van der Waals surface area contributed by atoms with Gasteiger partial charge in [0.1, 0.15) is 0 Å². The summed E-state index contributed by atoms with van der Waals surface area (Å²) in [6.07, 6.45) is 4.03. The van der Waals surface area contributed by atoms with Gasteiger partial charge in [-0.3, -0.25) is 4.90 Å². The molecule has 2 heterocycles. The normalized spacial score (nSPS) is 15.9. The second-order valence-corrected chi connectivity index (χ2v) is 7.31. The molecular formula is C23H33N5O. The Labute approximate surface area is 174 Å². The summed E-state index contributed by atoms with van der Waals surface area (Å²) in [5.74, 6) is 1.53. The molecular weight excluding hydrogens is 362 g/mol. The molecule has 2 N–H and O–H groups in total. The minimum absolute atomic E-state index is 0.455. The van der Waals surface area contributed by atoms with Gasteiger partial charge in [0.25, 0.3) is 0 Å². The number of nitrogens with one attached hydrogen (secondary N) is 2. The fourth-order valence-corrected chi connectivity index (χ4v) is 3.54. The van der Waals surface area contributed by atoms with E-state index in [1.54, 1.807) is 6.20 Å². The van der Waals surface area contributed by atoms with E-state index in [4.69, 9.17) is 9.73 Å². The van der Waals surface area contributed by atoms with Gasteiger partial charge in [-0.05, 0) is 43.9 Å². The number of aliphatic imine (C=N–C) groups is 1. The number of rotatable bonds is 8. The lowest BCUT2D eigenvalue weighted by atomic mass is 10.0. The molecule has 0 saturated carbocycles. The zero-order chi connectivity index (χ0) is 20.3. The first-order valence-electron chi connectivity index (χ1n) is 10.7. The summed E-state index contributed by atoms with van der Waals surface area (Å²) in [5, 5.41) is 6.99. The summed E-state index contributed by atoms with van der Waals surface area (Å²) in [5.41, 5.74) is 2.48. The van der Waals surface area contributed by atoms with Crippen LogP contribution >= 0.6 is 0 Å². The third-order valence-corrected chi connectivity index (χ3v) is 5.03. The Morgan fingerprint density at radius 3 is 2.66 bits per heavy atom. The SMILES string of the molecule is CCNC(=NCc1ccnc(OCC)c1)NC1CCN(Cc2ccccc2)CC1. The van der Waals surface area contributed by atoms with Crippen LogP contribution in [0.2, 0.25) is 0 Å². The number of likely N-dealkylation sites (tertiary alicyclic amines) is 1. The van der Waals surface area contributed by atoms with E-state index in [9.17, 15) is 0 Å². The maximum atomic E-state index is 5.48. The van der Waals surface area contributed by atoms with Gasteiger partial charge in [-0.2, -0.15) is 0 Å². The maximum absolute atomic E-state index is 5.48. The molecule has 1 fully saturated rings. The van der Waals surface area contributed by atoms with Gasteiger partial charge in [0.05, 0.1) is 13.2 Å². The van der Waals surface area contributed by atoms with E-state index < -0.39 is 0 Å². The van der Waals surface area contributed by atoms with Crippen molar-refractivity contribution in [3.05, 3.63) is 59.8 Å². The van der Waals surface area contributed by atoms with Crippen molar-refractivity contribution >= 4 is 5.96 Å².